The van der Waals surface area contributed by atoms with Gasteiger partial charge < -0.3 is 19.4 Å². The first-order valence-corrected chi connectivity index (χ1v) is 13.6. The number of ether oxygens (including phenoxy) is 1. The fourth-order valence-electron chi connectivity index (χ4n) is 3.59. The second kappa shape index (κ2) is 11.4. The molecule has 192 valence electrons. The monoisotopic (exact) mass is 530 g/mol. The number of hydrogen-bond acceptors (Lipinski definition) is 11. The summed E-state index contributed by atoms with van der Waals surface area (Å²) in [7, 11) is 0. The van der Waals surface area contributed by atoms with Gasteiger partial charge in [-0.1, -0.05) is 32.1 Å². The number of esters is 1. The van der Waals surface area contributed by atoms with Crippen molar-refractivity contribution in [2.75, 3.05) is 29.9 Å². The summed E-state index contributed by atoms with van der Waals surface area (Å²) >= 11 is 3.03. The molecule has 0 aromatic carbocycles. The molecule has 0 aliphatic carbocycles. The number of thiazole rings is 1. The van der Waals surface area contributed by atoms with Gasteiger partial charge in [0, 0.05) is 36.8 Å². The predicted molar refractivity (Wildman–Crippen MR) is 138 cm³/mol. The van der Waals surface area contributed by atoms with Gasteiger partial charge in [0.2, 0.25) is 17.7 Å². The largest absolute Gasteiger partial charge is 0.462 e. The molecular formula is C24H30N6O4S2. The van der Waals surface area contributed by atoms with Crippen molar-refractivity contribution in [3.8, 4) is 0 Å². The summed E-state index contributed by atoms with van der Waals surface area (Å²) < 4.78 is 11.8. The summed E-state index contributed by atoms with van der Waals surface area (Å²) in [5.41, 5.74) is 0.251. The number of carbonyl (C=O) groups is 2. The van der Waals surface area contributed by atoms with Gasteiger partial charge in [0.25, 0.3) is 0 Å². The molecule has 1 aliphatic heterocycles. The second-order valence-corrected chi connectivity index (χ2v) is 11.7. The molecule has 0 radical (unpaired) electrons. The van der Waals surface area contributed by atoms with Gasteiger partial charge in [0.05, 0.1) is 34.5 Å². The van der Waals surface area contributed by atoms with Crippen LogP contribution in [0.4, 0.5) is 11.1 Å². The van der Waals surface area contributed by atoms with Crippen LogP contribution in [0, 0.1) is 5.92 Å². The van der Waals surface area contributed by atoms with E-state index >= 15 is 0 Å². The highest BCUT2D eigenvalue weighted by Crippen LogP contribution is 2.32. The van der Waals surface area contributed by atoms with Crippen LogP contribution in [0.2, 0.25) is 0 Å². The highest BCUT2D eigenvalue weighted by atomic mass is 32.2. The van der Waals surface area contributed by atoms with Crippen LogP contribution < -0.4 is 10.2 Å². The van der Waals surface area contributed by atoms with Gasteiger partial charge >= 0.3 is 5.97 Å². The fourth-order valence-corrected chi connectivity index (χ4v) is 5.32. The lowest BCUT2D eigenvalue weighted by atomic mass is 9.94. The Bertz CT molecular complexity index is 1180. The number of hydrogen-bond donors (Lipinski definition) is 1. The van der Waals surface area contributed by atoms with E-state index in [1.54, 1.807) is 31.1 Å². The fraction of sp³-hybridized carbons (Fsp3) is 0.500. The molecule has 0 spiro atoms. The summed E-state index contributed by atoms with van der Waals surface area (Å²) in [5, 5.41) is 3.54. The number of amides is 1. The molecule has 1 N–H and O–H groups in total. The van der Waals surface area contributed by atoms with Crippen molar-refractivity contribution in [1.82, 2.24) is 19.9 Å². The van der Waals surface area contributed by atoms with Crippen molar-refractivity contribution in [2.24, 2.45) is 5.92 Å². The number of oxazole rings is 1. The number of rotatable bonds is 8. The Morgan fingerprint density at radius 2 is 1.86 bits per heavy atom. The van der Waals surface area contributed by atoms with Crippen molar-refractivity contribution >= 4 is 46.1 Å². The molecule has 1 fully saturated rings. The lowest BCUT2D eigenvalue weighted by molar-refractivity contribution is -0.120. The van der Waals surface area contributed by atoms with Crippen molar-refractivity contribution in [3.05, 3.63) is 42.0 Å². The molecule has 3 aromatic heterocycles. The minimum atomic E-state index is -0.435. The first kappa shape index (κ1) is 26.1. The third kappa shape index (κ3) is 6.61. The van der Waals surface area contributed by atoms with Crippen LogP contribution in [0.25, 0.3) is 0 Å². The maximum absolute atomic E-state index is 12.8. The molecule has 1 aliphatic rings. The average molecular weight is 531 g/mol. The zero-order chi connectivity index (χ0) is 25.7. The lowest BCUT2D eigenvalue weighted by Crippen LogP contribution is -2.39. The number of nitrogens with one attached hydrogen (secondary N) is 1. The minimum Gasteiger partial charge on any atom is -0.462 e. The molecule has 0 unspecified atom stereocenters. The van der Waals surface area contributed by atoms with Crippen molar-refractivity contribution in [1.29, 1.82) is 0 Å². The van der Waals surface area contributed by atoms with Crippen LogP contribution in [0.5, 0.6) is 0 Å². The van der Waals surface area contributed by atoms with E-state index in [2.05, 4.69) is 46.0 Å². The Labute approximate surface area is 218 Å². The van der Waals surface area contributed by atoms with Crippen molar-refractivity contribution < 1.29 is 18.7 Å². The minimum absolute atomic E-state index is 0.0263. The molecule has 0 atom stereocenters. The quantitative estimate of drug-likeness (QED) is 0.328. The van der Waals surface area contributed by atoms with Crippen LogP contribution in [-0.2, 0) is 20.7 Å². The van der Waals surface area contributed by atoms with E-state index in [1.165, 1.54) is 23.7 Å². The third-order valence-electron chi connectivity index (χ3n) is 5.64. The molecule has 1 amide bonds. The van der Waals surface area contributed by atoms with E-state index < -0.39 is 5.97 Å². The molecule has 4 rings (SSSR count). The van der Waals surface area contributed by atoms with E-state index in [9.17, 15) is 9.59 Å². The Morgan fingerprint density at radius 1 is 1.14 bits per heavy atom. The van der Waals surface area contributed by atoms with Gasteiger partial charge in [-0.3, -0.25) is 4.79 Å². The molecule has 3 aromatic rings. The highest BCUT2D eigenvalue weighted by Gasteiger charge is 2.27. The maximum atomic E-state index is 12.8. The van der Waals surface area contributed by atoms with E-state index in [0.717, 1.165) is 9.97 Å². The zero-order valence-electron chi connectivity index (χ0n) is 20.8. The molecule has 4 heterocycles. The van der Waals surface area contributed by atoms with Crippen molar-refractivity contribution in [2.45, 2.75) is 55.9 Å². The highest BCUT2D eigenvalue weighted by molar-refractivity contribution is 8.00. The van der Waals surface area contributed by atoms with Crippen LogP contribution in [0.3, 0.4) is 0 Å². The van der Waals surface area contributed by atoms with E-state index in [4.69, 9.17) is 9.15 Å². The van der Waals surface area contributed by atoms with Gasteiger partial charge in [-0.15, -0.1) is 11.8 Å². The van der Waals surface area contributed by atoms with Gasteiger partial charge in [-0.25, -0.2) is 24.7 Å². The van der Waals surface area contributed by atoms with Gasteiger partial charge in [-0.2, -0.15) is 0 Å². The normalized spacial score (nSPS) is 14.6. The average Bonchev–Trinajstić information content (AvgIpc) is 3.53. The van der Waals surface area contributed by atoms with Gasteiger partial charge in [-0.05, 0) is 19.8 Å². The molecule has 1 saturated heterocycles. The second-order valence-electron chi connectivity index (χ2n) is 9.38. The smallest absolute Gasteiger partial charge is 0.341 e. The maximum Gasteiger partial charge on any atom is 0.341 e. The Kier molecular flexibility index (Phi) is 8.24. The topological polar surface area (TPSA) is 123 Å². The molecule has 0 bridgehead atoms. The number of nitrogens with zero attached hydrogens (tertiary/aromatic N) is 5. The summed E-state index contributed by atoms with van der Waals surface area (Å²) in [6.45, 7) is 9.63. The molecule has 12 heteroatoms. The summed E-state index contributed by atoms with van der Waals surface area (Å²) in [5.74, 6) is 2.12. The van der Waals surface area contributed by atoms with Gasteiger partial charge in [0.1, 0.15) is 5.76 Å². The summed E-state index contributed by atoms with van der Waals surface area (Å²) in [4.78, 5) is 43.9. The van der Waals surface area contributed by atoms with Crippen LogP contribution in [-0.4, -0.2) is 51.5 Å². The molecule has 10 nitrogen and oxygen atoms in total. The Balaban J connectivity index is 1.23. The van der Waals surface area contributed by atoms with Gasteiger partial charge in [0.15, 0.2) is 5.13 Å². The standard InChI is InChI=1S/C24H30N6O4S2/c1-5-33-21(32)16-10-26-22(27-11-16)30-8-6-15(7-9-30)20(31)29-23-28-13-19(36-23)35-14-18-25-12-17(34-18)24(2,3)4/h10-13,15H,5-9,14H2,1-4H3,(H,28,29,31). The van der Waals surface area contributed by atoms with Crippen LogP contribution >= 0.6 is 23.1 Å². The number of aromatic nitrogens is 4. The van der Waals surface area contributed by atoms with Crippen molar-refractivity contribution in [3.63, 3.8) is 0 Å². The lowest BCUT2D eigenvalue weighted by Gasteiger charge is -2.31. The summed E-state index contributed by atoms with van der Waals surface area (Å²) in [6, 6.07) is 0. The number of carbonyl (C=O) groups excluding carboxylic acids is 2. The predicted octanol–water partition coefficient (Wildman–Crippen LogP) is 4.54. The third-order valence-corrected chi connectivity index (χ3v) is 7.74. The molecule has 36 heavy (non-hydrogen) atoms. The zero-order valence-corrected chi connectivity index (χ0v) is 22.4. The molecular weight excluding hydrogens is 500 g/mol. The van der Waals surface area contributed by atoms with Crippen LogP contribution in [0.1, 0.15) is 62.5 Å². The number of anilines is 2. The Hall–Kier alpha value is -2.99. The summed E-state index contributed by atoms with van der Waals surface area (Å²) in [6.07, 6.45) is 7.86. The Morgan fingerprint density at radius 3 is 2.50 bits per heavy atom. The van der Waals surface area contributed by atoms with Crippen LogP contribution in [0.15, 0.2) is 33.4 Å². The van der Waals surface area contributed by atoms with E-state index in [0.29, 0.717) is 60.8 Å². The SMILES string of the molecule is CCOC(=O)c1cnc(N2CCC(C(=O)Nc3ncc(SCc4ncc(C(C)(C)C)o4)s3)CC2)nc1. The van der Waals surface area contributed by atoms with E-state index in [1.807, 2.05) is 4.90 Å². The van der Waals surface area contributed by atoms with E-state index in [-0.39, 0.29) is 17.2 Å². The first-order chi connectivity index (χ1) is 17.2. The number of thioether (sulfide) groups is 1. The first-order valence-electron chi connectivity index (χ1n) is 11.8. The number of piperidine rings is 1. The molecule has 0 saturated carbocycles.